The molecule has 1 N–H and O–H groups in total. The van der Waals surface area contributed by atoms with Crippen LogP contribution in [0.15, 0.2) is 24.3 Å². The molecule has 19 heavy (non-hydrogen) atoms. The molecule has 0 spiro atoms. The molecule has 0 aromatic heterocycles. The molecule has 0 saturated carbocycles. The summed E-state index contributed by atoms with van der Waals surface area (Å²) in [6.45, 7) is 4.06. The Morgan fingerprint density at radius 3 is 2.95 bits per heavy atom. The molecule has 1 amide bonds. The summed E-state index contributed by atoms with van der Waals surface area (Å²) in [4.78, 5) is 11.5. The first-order valence-electron chi connectivity index (χ1n) is 6.39. The Labute approximate surface area is 124 Å². The van der Waals surface area contributed by atoms with Gasteiger partial charge in [-0.1, -0.05) is 29.8 Å². The Balaban J connectivity index is 2.09. The zero-order chi connectivity index (χ0) is 13.9. The zero-order valence-electron chi connectivity index (χ0n) is 11.2. The molecule has 0 bridgehead atoms. The van der Waals surface area contributed by atoms with Gasteiger partial charge in [0.05, 0.1) is 5.75 Å². The number of carbonyl (C=O) groups is 1. The van der Waals surface area contributed by atoms with Crippen LogP contribution < -0.4 is 5.32 Å². The molecule has 0 aliphatic rings. The number of halogens is 1. The minimum Gasteiger partial charge on any atom is -0.382 e. The predicted molar refractivity (Wildman–Crippen MR) is 81.7 cm³/mol. The number of hydrogen-bond acceptors (Lipinski definition) is 3. The van der Waals surface area contributed by atoms with E-state index in [9.17, 15) is 4.79 Å². The summed E-state index contributed by atoms with van der Waals surface area (Å²) in [6, 6.07) is 7.71. The van der Waals surface area contributed by atoms with E-state index in [1.54, 1.807) is 11.8 Å². The average Bonchev–Trinajstić information content (AvgIpc) is 2.41. The van der Waals surface area contributed by atoms with Crippen LogP contribution in [0.2, 0.25) is 5.02 Å². The Bertz CT molecular complexity index is 387. The van der Waals surface area contributed by atoms with Gasteiger partial charge < -0.3 is 10.1 Å². The highest BCUT2D eigenvalue weighted by atomic mass is 35.5. The van der Waals surface area contributed by atoms with Gasteiger partial charge in [-0.25, -0.2) is 0 Å². The third-order valence-electron chi connectivity index (χ3n) is 2.44. The maximum absolute atomic E-state index is 11.5. The van der Waals surface area contributed by atoms with Crippen LogP contribution in [-0.2, 0) is 15.3 Å². The van der Waals surface area contributed by atoms with Crippen molar-refractivity contribution in [3.05, 3.63) is 34.9 Å². The van der Waals surface area contributed by atoms with Gasteiger partial charge in [-0.2, -0.15) is 0 Å². The Hall–Kier alpha value is -0.710. The third kappa shape index (κ3) is 7.45. The monoisotopic (exact) mass is 301 g/mol. The highest BCUT2D eigenvalue weighted by Gasteiger charge is 2.03. The average molecular weight is 302 g/mol. The highest BCUT2D eigenvalue weighted by molar-refractivity contribution is 7.99. The topological polar surface area (TPSA) is 38.3 Å². The van der Waals surface area contributed by atoms with Gasteiger partial charge in [-0.3, -0.25) is 4.79 Å². The van der Waals surface area contributed by atoms with E-state index in [1.807, 2.05) is 31.2 Å². The second-order valence-electron chi connectivity index (χ2n) is 3.98. The van der Waals surface area contributed by atoms with E-state index in [0.29, 0.717) is 18.9 Å². The number of carbonyl (C=O) groups excluding carboxylic acids is 1. The Kier molecular flexibility index (Phi) is 8.71. The molecular weight excluding hydrogens is 282 g/mol. The molecule has 1 aromatic rings. The van der Waals surface area contributed by atoms with Gasteiger partial charge in [0, 0.05) is 30.5 Å². The first-order chi connectivity index (χ1) is 9.24. The molecule has 0 heterocycles. The fraction of sp³-hybridized carbons (Fsp3) is 0.500. The summed E-state index contributed by atoms with van der Waals surface area (Å²) in [6.07, 6.45) is 0.856. The molecule has 1 rings (SSSR count). The minimum atomic E-state index is 0.0635. The number of hydrogen-bond donors (Lipinski definition) is 1. The quantitative estimate of drug-likeness (QED) is 0.712. The van der Waals surface area contributed by atoms with E-state index in [-0.39, 0.29) is 5.91 Å². The third-order valence-corrected chi connectivity index (χ3v) is 3.79. The fourth-order valence-corrected chi connectivity index (χ4v) is 2.61. The van der Waals surface area contributed by atoms with Gasteiger partial charge in [0.25, 0.3) is 0 Å². The van der Waals surface area contributed by atoms with E-state index in [2.05, 4.69) is 5.32 Å². The Morgan fingerprint density at radius 1 is 1.42 bits per heavy atom. The van der Waals surface area contributed by atoms with Crippen molar-refractivity contribution >= 4 is 29.3 Å². The Morgan fingerprint density at radius 2 is 2.21 bits per heavy atom. The molecule has 0 radical (unpaired) electrons. The molecule has 0 unspecified atom stereocenters. The molecule has 0 aliphatic heterocycles. The predicted octanol–water partition coefficient (Wildman–Crippen LogP) is 3.12. The molecule has 1 aromatic carbocycles. The molecule has 0 saturated heterocycles. The number of nitrogens with one attached hydrogen (secondary N) is 1. The summed E-state index contributed by atoms with van der Waals surface area (Å²) in [5.41, 5.74) is 1.07. The number of rotatable bonds is 9. The van der Waals surface area contributed by atoms with Crippen LogP contribution in [0.25, 0.3) is 0 Å². The number of benzene rings is 1. The fourth-order valence-electron chi connectivity index (χ4n) is 1.47. The van der Waals surface area contributed by atoms with E-state index in [4.69, 9.17) is 16.3 Å². The van der Waals surface area contributed by atoms with Gasteiger partial charge >= 0.3 is 0 Å². The number of amides is 1. The maximum atomic E-state index is 11.5. The van der Waals surface area contributed by atoms with Crippen molar-refractivity contribution in [1.82, 2.24) is 5.32 Å². The summed E-state index contributed by atoms with van der Waals surface area (Å²) < 4.78 is 5.20. The van der Waals surface area contributed by atoms with Crippen molar-refractivity contribution in [1.29, 1.82) is 0 Å². The summed E-state index contributed by atoms with van der Waals surface area (Å²) in [5.74, 6) is 1.28. The van der Waals surface area contributed by atoms with Crippen molar-refractivity contribution in [2.45, 2.75) is 19.1 Å². The van der Waals surface area contributed by atoms with Crippen LogP contribution >= 0.6 is 23.4 Å². The van der Waals surface area contributed by atoms with E-state index in [0.717, 1.165) is 29.4 Å². The van der Waals surface area contributed by atoms with Crippen molar-refractivity contribution in [2.75, 3.05) is 25.5 Å². The highest BCUT2D eigenvalue weighted by Crippen LogP contribution is 2.20. The molecule has 0 aliphatic carbocycles. The SMILES string of the molecule is CCOCCCNC(=O)CSCc1ccccc1Cl. The summed E-state index contributed by atoms with van der Waals surface area (Å²) >= 11 is 7.61. The van der Waals surface area contributed by atoms with Crippen molar-refractivity contribution in [3.63, 3.8) is 0 Å². The van der Waals surface area contributed by atoms with Crippen LogP contribution in [-0.4, -0.2) is 31.4 Å². The second kappa shape index (κ2) is 10.1. The van der Waals surface area contributed by atoms with Crippen molar-refractivity contribution in [3.8, 4) is 0 Å². The molecular formula is C14H20ClNO2S. The maximum Gasteiger partial charge on any atom is 0.230 e. The lowest BCUT2D eigenvalue weighted by Gasteiger charge is -2.06. The van der Waals surface area contributed by atoms with E-state index >= 15 is 0 Å². The van der Waals surface area contributed by atoms with Gasteiger partial charge in [-0.15, -0.1) is 11.8 Å². The second-order valence-corrected chi connectivity index (χ2v) is 5.38. The van der Waals surface area contributed by atoms with Crippen LogP contribution in [0.5, 0.6) is 0 Å². The van der Waals surface area contributed by atoms with Crippen LogP contribution in [0.3, 0.4) is 0 Å². The van der Waals surface area contributed by atoms with E-state index < -0.39 is 0 Å². The molecule has 106 valence electrons. The summed E-state index contributed by atoms with van der Waals surface area (Å²) in [7, 11) is 0. The zero-order valence-corrected chi connectivity index (χ0v) is 12.7. The van der Waals surface area contributed by atoms with E-state index in [1.165, 1.54) is 0 Å². The van der Waals surface area contributed by atoms with Gasteiger partial charge in [-0.05, 0) is 25.0 Å². The lowest BCUT2D eigenvalue weighted by atomic mass is 10.2. The van der Waals surface area contributed by atoms with Crippen LogP contribution in [0.4, 0.5) is 0 Å². The molecule has 0 atom stereocenters. The standard InChI is InChI=1S/C14H20ClNO2S/c1-2-18-9-5-8-16-14(17)11-19-10-12-6-3-4-7-13(12)15/h3-4,6-7H,2,5,8-11H2,1H3,(H,16,17). The smallest absolute Gasteiger partial charge is 0.230 e. The van der Waals surface area contributed by atoms with Gasteiger partial charge in [0.15, 0.2) is 0 Å². The largest absolute Gasteiger partial charge is 0.382 e. The van der Waals surface area contributed by atoms with Crippen LogP contribution in [0.1, 0.15) is 18.9 Å². The number of thioether (sulfide) groups is 1. The lowest BCUT2D eigenvalue weighted by Crippen LogP contribution is -2.26. The van der Waals surface area contributed by atoms with Crippen LogP contribution in [0, 0.1) is 0 Å². The van der Waals surface area contributed by atoms with Gasteiger partial charge in [0.2, 0.25) is 5.91 Å². The van der Waals surface area contributed by atoms with Gasteiger partial charge in [0.1, 0.15) is 0 Å². The first-order valence-corrected chi connectivity index (χ1v) is 7.93. The summed E-state index contributed by atoms with van der Waals surface area (Å²) in [5, 5.41) is 3.63. The molecule has 0 fully saturated rings. The number of ether oxygens (including phenoxy) is 1. The van der Waals surface area contributed by atoms with Crippen molar-refractivity contribution in [2.24, 2.45) is 0 Å². The van der Waals surface area contributed by atoms with Crippen molar-refractivity contribution < 1.29 is 9.53 Å². The normalized spacial score (nSPS) is 10.4. The lowest BCUT2D eigenvalue weighted by molar-refractivity contribution is -0.118. The molecule has 3 nitrogen and oxygen atoms in total. The minimum absolute atomic E-state index is 0.0635. The first kappa shape index (κ1) is 16.3. The molecule has 5 heteroatoms.